The summed E-state index contributed by atoms with van der Waals surface area (Å²) in [5, 5.41) is 2.52. The normalized spacial score (nSPS) is 18.6. The van der Waals surface area contributed by atoms with Crippen LogP contribution in [0.4, 0.5) is 24.7 Å². The fraction of sp³-hybridized carbons (Fsp3) is 0.455. The van der Waals surface area contributed by atoms with Gasteiger partial charge in [-0.1, -0.05) is 12.8 Å². The van der Waals surface area contributed by atoms with Gasteiger partial charge in [0, 0.05) is 13.3 Å². The van der Waals surface area contributed by atoms with Crippen molar-refractivity contribution in [3.8, 4) is 0 Å². The lowest BCUT2D eigenvalue weighted by atomic mass is 9.90. The molecular formula is C22H26F3N5O3. The molecule has 0 radical (unpaired) electrons. The summed E-state index contributed by atoms with van der Waals surface area (Å²) in [5.74, 6) is -1.42. The molecule has 0 aliphatic heterocycles. The second kappa shape index (κ2) is 10.2. The molecule has 3 rings (SSSR count). The number of pyridine rings is 2. The lowest BCUT2D eigenvalue weighted by Gasteiger charge is -2.38. The molecule has 11 heteroatoms. The lowest BCUT2D eigenvalue weighted by molar-refractivity contribution is -0.148. The Hall–Kier alpha value is -3.21. The molecule has 2 heterocycles. The molecule has 3 N–H and O–H groups in total. The Labute approximate surface area is 189 Å². The summed E-state index contributed by atoms with van der Waals surface area (Å²) in [7, 11) is 1.53. The smallest absolute Gasteiger partial charge is 0.383 e. The third-order valence-electron chi connectivity index (χ3n) is 5.69. The number of carbonyl (C=O) groups is 2. The maximum Gasteiger partial charge on any atom is 0.417 e. The number of aromatic nitrogens is 2. The van der Waals surface area contributed by atoms with Crippen LogP contribution in [0.15, 0.2) is 30.6 Å². The van der Waals surface area contributed by atoms with Crippen molar-refractivity contribution in [1.29, 1.82) is 0 Å². The van der Waals surface area contributed by atoms with Crippen LogP contribution < -0.4 is 11.1 Å². The maximum absolute atomic E-state index is 13.2. The third-order valence-corrected chi connectivity index (χ3v) is 5.69. The summed E-state index contributed by atoms with van der Waals surface area (Å²) in [5.41, 5.74) is 5.97. The maximum atomic E-state index is 13.2. The van der Waals surface area contributed by atoms with Gasteiger partial charge in [-0.15, -0.1) is 0 Å². The molecule has 1 saturated carbocycles. The summed E-state index contributed by atoms with van der Waals surface area (Å²) >= 11 is 0. The summed E-state index contributed by atoms with van der Waals surface area (Å²) in [6.45, 7) is 1.58. The molecule has 0 spiro atoms. The fourth-order valence-electron chi connectivity index (χ4n) is 3.88. The van der Waals surface area contributed by atoms with Crippen LogP contribution >= 0.6 is 0 Å². The first-order valence-electron chi connectivity index (χ1n) is 10.5. The van der Waals surface area contributed by atoms with E-state index in [1.165, 1.54) is 24.3 Å². The van der Waals surface area contributed by atoms with Crippen LogP contribution in [0.5, 0.6) is 0 Å². The van der Waals surface area contributed by atoms with Crippen molar-refractivity contribution in [1.82, 2.24) is 14.9 Å². The van der Waals surface area contributed by atoms with E-state index in [1.54, 1.807) is 13.0 Å². The molecular weight excluding hydrogens is 439 g/mol. The van der Waals surface area contributed by atoms with Crippen LogP contribution in [0, 0.1) is 6.92 Å². The second-order valence-electron chi connectivity index (χ2n) is 7.98. The zero-order valence-electron chi connectivity index (χ0n) is 18.4. The molecule has 2 unspecified atom stereocenters. The van der Waals surface area contributed by atoms with Gasteiger partial charge in [-0.25, -0.2) is 4.98 Å². The molecule has 1 aliphatic carbocycles. The average Bonchev–Trinajstić information content (AvgIpc) is 2.79. The zero-order valence-corrected chi connectivity index (χ0v) is 18.4. The highest BCUT2D eigenvalue weighted by Crippen LogP contribution is 2.30. The van der Waals surface area contributed by atoms with Crippen LogP contribution in [0.25, 0.3) is 0 Å². The Morgan fingerprint density at radius 1 is 1.21 bits per heavy atom. The van der Waals surface area contributed by atoms with Gasteiger partial charge < -0.3 is 20.7 Å². The quantitative estimate of drug-likeness (QED) is 0.656. The number of amides is 2. The van der Waals surface area contributed by atoms with E-state index in [9.17, 15) is 22.8 Å². The molecule has 178 valence electrons. The van der Waals surface area contributed by atoms with E-state index in [0.717, 1.165) is 25.1 Å². The molecule has 2 amide bonds. The number of nitrogen functional groups attached to an aromatic ring is 1. The van der Waals surface area contributed by atoms with Gasteiger partial charge in [-0.2, -0.15) is 13.2 Å². The fourth-order valence-corrected chi connectivity index (χ4v) is 3.88. The van der Waals surface area contributed by atoms with E-state index in [-0.39, 0.29) is 18.3 Å². The van der Waals surface area contributed by atoms with Crippen molar-refractivity contribution >= 4 is 23.3 Å². The van der Waals surface area contributed by atoms with Crippen molar-refractivity contribution in [2.45, 2.75) is 57.5 Å². The average molecular weight is 465 g/mol. The molecule has 0 aromatic carbocycles. The number of aryl methyl sites for hydroxylation is 1. The van der Waals surface area contributed by atoms with E-state index in [4.69, 9.17) is 10.5 Å². The number of halogens is 3. The summed E-state index contributed by atoms with van der Waals surface area (Å²) < 4.78 is 44.2. The van der Waals surface area contributed by atoms with Gasteiger partial charge >= 0.3 is 18.0 Å². The van der Waals surface area contributed by atoms with Gasteiger partial charge in [0.05, 0.1) is 41.8 Å². The Morgan fingerprint density at radius 2 is 1.94 bits per heavy atom. The number of methoxy groups -OCH3 is 1. The number of hydrogen-bond acceptors (Lipinski definition) is 6. The van der Waals surface area contributed by atoms with Gasteiger partial charge in [0.1, 0.15) is 5.82 Å². The number of nitrogens with two attached hydrogens (primary N) is 1. The molecule has 8 nitrogen and oxygen atoms in total. The highest BCUT2D eigenvalue weighted by Gasteiger charge is 2.36. The molecule has 1 fully saturated rings. The van der Waals surface area contributed by atoms with Crippen LogP contribution in [-0.4, -0.2) is 45.9 Å². The topological polar surface area (TPSA) is 110 Å². The van der Waals surface area contributed by atoms with Gasteiger partial charge in [0.25, 0.3) is 0 Å². The van der Waals surface area contributed by atoms with Crippen molar-refractivity contribution in [3.05, 3.63) is 47.4 Å². The van der Waals surface area contributed by atoms with Crippen molar-refractivity contribution in [2.24, 2.45) is 0 Å². The predicted octanol–water partition coefficient (Wildman–Crippen LogP) is 3.31. The number of alkyl halides is 3. The monoisotopic (exact) mass is 465 g/mol. The number of nitrogens with zero attached hydrogens (tertiary/aromatic N) is 3. The first-order valence-corrected chi connectivity index (χ1v) is 10.5. The Morgan fingerprint density at radius 3 is 2.55 bits per heavy atom. The van der Waals surface area contributed by atoms with E-state index in [1.807, 2.05) is 0 Å². The molecule has 33 heavy (non-hydrogen) atoms. The Bertz CT molecular complexity index is 998. The second-order valence-corrected chi connectivity index (χ2v) is 7.98. The Balaban J connectivity index is 1.84. The molecule has 2 aromatic heterocycles. The molecule has 2 aromatic rings. The third kappa shape index (κ3) is 5.98. The van der Waals surface area contributed by atoms with Crippen LogP contribution in [-0.2, 0) is 27.0 Å². The summed E-state index contributed by atoms with van der Waals surface area (Å²) in [6.07, 6.45) is 0.287. The number of carbonyl (C=O) groups excluding carboxylic acids is 2. The van der Waals surface area contributed by atoms with E-state index >= 15 is 0 Å². The first kappa shape index (κ1) is 24.4. The number of hydrogen-bond donors (Lipinski definition) is 2. The highest BCUT2D eigenvalue weighted by molar-refractivity contribution is 6.39. The predicted molar refractivity (Wildman–Crippen MR) is 115 cm³/mol. The largest absolute Gasteiger partial charge is 0.417 e. The summed E-state index contributed by atoms with van der Waals surface area (Å²) in [4.78, 5) is 35.1. The van der Waals surface area contributed by atoms with Crippen molar-refractivity contribution in [2.75, 3.05) is 18.2 Å². The first-order chi connectivity index (χ1) is 15.6. The zero-order chi connectivity index (χ0) is 24.2. The van der Waals surface area contributed by atoms with Gasteiger partial charge in [-0.05, 0) is 43.5 Å². The van der Waals surface area contributed by atoms with Crippen LogP contribution in [0.2, 0.25) is 0 Å². The number of anilines is 2. The number of nitrogens with one attached hydrogen (secondary N) is 1. The molecule has 0 saturated heterocycles. The molecule has 1 aliphatic rings. The molecule has 2 atom stereocenters. The molecule has 0 bridgehead atoms. The number of rotatable bonds is 5. The standard InChI is InChI=1S/C22H26F3N5O3/c1-13-9-16(11-28-19(13)26)29-20(31)21(32)30(17-5-3-4-6-18(17)33-2)12-15-8-7-14(10-27-15)22(23,24)25/h7-11,17-18H,3-6,12H2,1-2H3,(H2,26,28)(H,29,31). The summed E-state index contributed by atoms with van der Waals surface area (Å²) in [6, 6.07) is 3.28. The Kier molecular flexibility index (Phi) is 7.52. The number of ether oxygens (including phenoxy) is 1. The van der Waals surface area contributed by atoms with E-state index < -0.39 is 29.6 Å². The highest BCUT2D eigenvalue weighted by atomic mass is 19.4. The van der Waals surface area contributed by atoms with Crippen LogP contribution in [0.1, 0.15) is 42.5 Å². The van der Waals surface area contributed by atoms with E-state index in [0.29, 0.717) is 29.9 Å². The van der Waals surface area contributed by atoms with Gasteiger partial charge in [0.2, 0.25) is 0 Å². The van der Waals surface area contributed by atoms with Crippen LogP contribution in [0.3, 0.4) is 0 Å². The minimum absolute atomic E-state index is 0.131. The lowest BCUT2D eigenvalue weighted by Crippen LogP contribution is -2.52. The van der Waals surface area contributed by atoms with Gasteiger partial charge in [0.15, 0.2) is 0 Å². The minimum Gasteiger partial charge on any atom is -0.383 e. The van der Waals surface area contributed by atoms with Gasteiger partial charge in [-0.3, -0.25) is 14.6 Å². The van der Waals surface area contributed by atoms with E-state index in [2.05, 4.69) is 15.3 Å². The minimum atomic E-state index is -4.52. The SMILES string of the molecule is COC1CCCCC1N(Cc1ccc(C(F)(F)F)cn1)C(=O)C(=O)Nc1cnc(N)c(C)c1. The van der Waals surface area contributed by atoms with Crippen molar-refractivity contribution in [3.63, 3.8) is 0 Å². The van der Waals surface area contributed by atoms with Crippen molar-refractivity contribution < 1.29 is 27.5 Å².